The van der Waals surface area contributed by atoms with Crippen molar-refractivity contribution in [3.05, 3.63) is 71.8 Å². The lowest BCUT2D eigenvalue weighted by Crippen LogP contribution is -2.08. The monoisotopic (exact) mass is 294 g/mol. The zero-order chi connectivity index (χ0) is 15.6. The van der Waals surface area contributed by atoms with Crippen molar-refractivity contribution in [1.82, 2.24) is 0 Å². The molecule has 0 saturated carbocycles. The Morgan fingerprint density at radius 3 is 2.41 bits per heavy atom. The molecule has 0 saturated heterocycles. The highest BCUT2D eigenvalue weighted by Gasteiger charge is 2.07. The van der Waals surface area contributed by atoms with E-state index < -0.39 is 0 Å². The van der Waals surface area contributed by atoms with Crippen LogP contribution in [0.25, 0.3) is 6.08 Å². The van der Waals surface area contributed by atoms with Gasteiger partial charge in [-0.05, 0) is 42.7 Å². The number of esters is 1. The van der Waals surface area contributed by atoms with Crippen molar-refractivity contribution in [2.45, 2.75) is 32.6 Å². The number of carbonyl (C=O) groups excluding carboxylic acids is 1. The van der Waals surface area contributed by atoms with E-state index in [1.807, 2.05) is 30.3 Å². The number of hydrogen-bond acceptors (Lipinski definition) is 2. The van der Waals surface area contributed by atoms with Gasteiger partial charge in [0.1, 0.15) is 5.75 Å². The van der Waals surface area contributed by atoms with Gasteiger partial charge < -0.3 is 4.74 Å². The van der Waals surface area contributed by atoms with Crippen LogP contribution in [0.2, 0.25) is 0 Å². The van der Waals surface area contributed by atoms with Crippen molar-refractivity contribution in [3.8, 4) is 5.75 Å². The van der Waals surface area contributed by atoms with Crippen LogP contribution in [0.4, 0.5) is 0 Å². The van der Waals surface area contributed by atoms with Gasteiger partial charge in [-0.3, -0.25) is 0 Å². The zero-order valence-corrected chi connectivity index (χ0v) is 13.0. The molecule has 0 aliphatic heterocycles. The lowest BCUT2D eigenvalue weighted by Gasteiger charge is -2.04. The molecule has 0 heterocycles. The minimum absolute atomic E-state index is 0.329. The van der Waals surface area contributed by atoms with Crippen LogP contribution in [-0.2, 0) is 0 Å². The summed E-state index contributed by atoms with van der Waals surface area (Å²) in [5.74, 6) is 0.233. The molecule has 114 valence electrons. The SMILES string of the molecule is CCCCC/C=C/c1ccc(C(=O)Oc2ccccc2)cc1. The number of ether oxygens (including phenoxy) is 1. The van der Waals surface area contributed by atoms with Crippen LogP contribution in [-0.4, -0.2) is 5.97 Å². The highest BCUT2D eigenvalue weighted by Crippen LogP contribution is 2.13. The Labute approximate surface area is 132 Å². The summed E-state index contributed by atoms with van der Waals surface area (Å²) in [6, 6.07) is 16.6. The summed E-state index contributed by atoms with van der Waals surface area (Å²) in [5, 5.41) is 0. The molecular formula is C20H22O2. The molecule has 0 atom stereocenters. The van der Waals surface area contributed by atoms with E-state index in [1.54, 1.807) is 24.3 Å². The van der Waals surface area contributed by atoms with Gasteiger partial charge in [-0.25, -0.2) is 4.79 Å². The standard InChI is InChI=1S/C20H22O2/c1-2-3-4-5-7-10-17-13-15-18(16-14-17)20(21)22-19-11-8-6-9-12-19/h6-16H,2-5H2,1H3/b10-7+. The second-order valence-electron chi connectivity index (χ2n) is 5.22. The molecule has 0 fully saturated rings. The minimum atomic E-state index is -0.329. The van der Waals surface area contributed by atoms with Gasteiger partial charge in [0.15, 0.2) is 0 Å². The molecule has 2 aromatic rings. The maximum atomic E-state index is 12.0. The Morgan fingerprint density at radius 2 is 1.73 bits per heavy atom. The molecular weight excluding hydrogens is 272 g/mol. The van der Waals surface area contributed by atoms with Gasteiger partial charge in [0, 0.05) is 0 Å². The van der Waals surface area contributed by atoms with Gasteiger partial charge in [0.2, 0.25) is 0 Å². The number of benzene rings is 2. The first-order valence-corrected chi connectivity index (χ1v) is 7.83. The third kappa shape index (κ3) is 5.21. The Bertz CT molecular complexity index is 597. The van der Waals surface area contributed by atoms with Gasteiger partial charge in [-0.2, -0.15) is 0 Å². The summed E-state index contributed by atoms with van der Waals surface area (Å²) in [5.41, 5.74) is 1.67. The molecule has 2 heteroatoms. The highest BCUT2D eigenvalue weighted by molar-refractivity contribution is 5.91. The van der Waals surface area contributed by atoms with Gasteiger partial charge in [-0.1, -0.05) is 62.2 Å². The fourth-order valence-electron chi connectivity index (χ4n) is 2.12. The molecule has 2 rings (SSSR count). The van der Waals surface area contributed by atoms with Gasteiger partial charge >= 0.3 is 5.97 Å². The summed E-state index contributed by atoms with van der Waals surface area (Å²) in [4.78, 5) is 12.0. The van der Waals surface area contributed by atoms with Crippen molar-refractivity contribution in [1.29, 1.82) is 0 Å². The number of para-hydroxylation sites is 1. The van der Waals surface area contributed by atoms with E-state index in [1.165, 1.54) is 19.3 Å². The van der Waals surface area contributed by atoms with E-state index in [0.717, 1.165) is 12.0 Å². The first-order chi connectivity index (χ1) is 10.8. The number of carbonyl (C=O) groups is 1. The second kappa shape index (κ2) is 8.83. The van der Waals surface area contributed by atoms with Crippen molar-refractivity contribution in [2.75, 3.05) is 0 Å². The molecule has 0 N–H and O–H groups in total. The quantitative estimate of drug-likeness (QED) is 0.383. The van der Waals surface area contributed by atoms with Crippen LogP contribution in [0.3, 0.4) is 0 Å². The number of rotatable bonds is 7. The minimum Gasteiger partial charge on any atom is -0.423 e. The van der Waals surface area contributed by atoms with Gasteiger partial charge in [0.05, 0.1) is 5.56 Å². The van der Waals surface area contributed by atoms with E-state index >= 15 is 0 Å². The second-order valence-corrected chi connectivity index (χ2v) is 5.22. The predicted octanol–water partition coefficient (Wildman–Crippen LogP) is 5.50. The third-order valence-electron chi connectivity index (χ3n) is 3.38. The predicted molar refractivity (Wildman–Crippen MR) is 91.0 cm³/mol. The molecule has 0 bridgehead atoms. The fourth-order valence-corrected chi connectivity index (χ4v) is 2.12. The van der Waals surface area contributed by atoms with E-state index in [-0.39, 0.29) is 5.97 Å². The zero-order valence-electron chi connectivity index (χ0n) is 13.0. The average molecular weight is 294 g/mol. The van der Waals surface area contributed by atoms with Crippen molar-refractivity contribution < 1.29 is 9.53 Å². The lowest BCUT2D eigenvalue weighted by molar-refractivity contribution is 0.0735. The fraction of sp³-hybridized carbons (Fsp3) is 0.250. The topological polar surface area (TPSA) is 26.3 Å². The Hall–Kier alpha value is -2.35. The Morgan fingerprint density at radius 1 is 1.00 bits per heavy atom. The molecule has 2 nitrogen and oxygen atoms in total. The first-order valence-electron chi connectivity index (χ1n) is 7.83. The summed E-state index contributed by atoms with van der Waals surface area (Å²) >= 11 is 0. The maximum absolute atomic E-state index is 12.0. The molecule has 22 heavy (non-hydrogen) atoms. The molecule has 0 aromatic heterocycles. The highest BCUT2D eigenvalue weighted by atomic mass is 16.5. The normalized spacial score (nSPS) is 10.8. The summed E-state index contributed by atoms with van der Waals surface area (Å²) in [6.45, 7) is 2.21. The largest absolute Gasteiger partial charge is 0.423 e. The van der Waals surface area contributed by atoms with Crippen LogP contribution < -0.4 is 4.74 Å². The molecule has 0 aliphatic carbocycles. The maximum Gasteiger partial charge on any atom is 0.343 e. The smallest absolute Gasteiger partial charge is 0.343 e. The Kier molecular flexibility index (Phi) is 6.43. The molecule has 0 radical (unpaired) electrons. The summed E-state index contributed by atoms with van der Waals surface area (Å²) < 4.78 is 5.31. The molecule has 0 amide bonds. The number of allylic oxidation sites excluding steroid dienone is 1. The molecule has 0 spiro atoms. The first kappa shape index (κ1) is 16.0. The number of unbranched alkanes of at least 4 members (excludes halogenated alkanes) is 3. The van der Waals surface area contributed by atoms with Crippen LogP contribution in [0.15, 0.2) is 60.7 Å². The van der Waals surface area contributed by atoms with Gasteiger partial charge in [0.25, 0.3) is 0 Å². The van der Waals surface area contributed by atoms with E-state index in [9.17, 15) is 4.79 Å². The van der Waals surface area contributed by atoms with E-state index in [4.69, 9.17) is 4.74 Å². The van der Waals surface area contributed by atoms with E-state index in [0.29, 0.717) is 11.3 Å². The van der Waals surface area contributed by atoms with E-state index in [2.05, 4.69) is 19.1 Å². The molecule has 0 aliphatic rings. The molecule has 2 aromatic carbocycles. The number of hydrogen-bond donors (Lipinski definition) is 0. The van der Waals surface area contributed by atoms with Gasteiger partial charge in [-0.15, -0.1) is 0 Å². The molecule has 0 unspecified atom stereocenters. The average Bonchev–Trinajstić information content (AvgIpc) is 2.56. The Balaban J connectivity index is 1.89. The van der Waals surface area contributed by atoms with Crippen LogP contribution in [0.1, 0.15) is 48.5 Å². The summed E-state index contributed by atoms with van der Waals surface area (Å²) in [7, 11) is 0. The lowest BCUT2D eigenvalue weighted by atomic mass is 10.1. The van der Waals surface area contributed by atoms with Crippen LogP contribution in [0.5, 0.6) is 5.75 Å². The van der Waals surface area contributed by atoms with Crippen LogP contribution in [0, 0.1) is 0 Å². The van der Waals surface area contributed by atoms with Crippen molar-refractivity contribution in [3.63, 3.8) is 0 Å². The third-order valence-corrected chi connectivity index (χ3v) is 3.38. The summed E-state index contributed by atoms with van der Waals surface area (Å²) in [6.07, 6.45) is 9.13. The van der Waals surface area contributed by atoms with Crippen LogP contribution >= 0.6 is 0 Å². The van der Waals surface area contributed by atoms with Crippen molar-refractivity contribution in [2.24, 2.45) is 0 Å². The van der Waals surface area contributed by atoms with Crippen molar-refractivity contribution >= 4 is 12.0 Å².